The van der Waals surface area contributed by atoms with Gasteiger partial charge in [0.25, 0.3) is 0 Å². The third-order valence-corrected chi connectivity index (χ3v) is 5.11. The van der Waals surface area contributed by atoms with Crippen molar-refractivity contribution in [2.24, 2.45) is 5.92 Å². The van der Waals surface area contributed by atoms with E-state index in [-0.39, 0.29) is 18.3 Å². The van der Waals surface area contributed by atoms with E-state index in [1.165, 1.54) is 10.4 Å². The first kappa shape index (κ1) is 14.2. The number of hydrogen-bond donors (Lipinski definition) is 2. The SMILES string of the molecule is Cc1ccsc1CN1C[C@H](CC(=O)O)[C@H](c2cn[nH]n2)C1. The molecule has 0 aromatic carbocycles. The molecule has 2 N–H and O–H groups in total. The Hall–Kier alpha value is -1.73. The van der Waals surface area contributed by atoms with Crippen molar-refractivity contribution in [2.75, 3.05) is 13.1 Å². The van der Waals surface area contributed by atoms with Crippen molar-refractivity contribution in [2.45, 2.75) is 25.8 Å². The van der Waals surface area contributed by atoms with Gasteiger partial charge in [-0.05, 0) is 29.9 Å². The summed E-state index contributed by atoms with van der Waals surface area (Å²) in [5.41, 5.74) is 2.17. The van der Waals surface area contributed by atoms with E-state index >= 15 is 0 Å². The molecule has 0 bridgehead atoms. The zero-order valence-electron chi connectivity index (χ0n) is 11.8. The number of nitrogens with zero attached hydrogens (tertiary/aromatic N) is 3. The number of aromatic amines is 1. The molecule has 1 fully saturated rings. The number of carboxylic acids is 1. The average molecular weight is 306 g/mol. The molecule has 2 aromatic heterocycles. The van der Waals surface area contributed by atoms with Crippen LogP contribution in [0.5, 0.6) is 0 Å². The van der Waals surface area contributed by atoms with Gasteiger partial charge in [0.15, 0.2) is 0 Å². The third-order valence-electron chi connectivity index (χ3n) is 4.10. The highest BCUT2D eigenvalue weighted by atomic mass is 32.1. The molecule has 1 saturated heterocycles. The van der Waals surface area contributed by atoms with Crippen molar-refractivity contribution in [3.8, 4) is 0 Å². The smallest absolute Gasteiger partial charge is 0.303 e. The lowest BCUT2D eigenvalue weighted by molar-refractivity contribution is -0.138. The van der Waals surface area contributed by atoms with Gasteiger partial charge in [-0.15, -0.1) is 11.3 Å². The standard InChI is InChI=1S/C14H18N4O2S/c1-9-2-3-21-13(9)8-18-6-10(4-14(19)20)11(7-18)12-5-15-17-16-12/h2-3,5,10-11H,4,6-8H2,1H3,(H,19,20)(H,15,16,17)/t10-,11+/m0/s1. The number of aryl methyl sites for hydroxylation is 1. The van der Waals surface area contributed by atoms with Gasteiger partial charge in [0.05, 0.1) is 18.3 Å². The van der Waals surface area contributed by atoms with Gasteiger partial charge in [-0.1, -0.05) is 0 Å². The lowest BCUT2D eigenvalue weighted by Crippen LogP contribution is -2.20. The molecule has 3 rings (SSSR count). The van der Waals surface area contributed by atoms with Gasteiger partial charge < -0.3 is 5.11 Å². The fourth-order valence-corrected chi connectivity index (χ4v) is 3.96. The Morgan fingerprint density at radius 1 is 1.57 bits per heavy atom. The van der Waals surface area contributed by atoms with E-state index in [0.717, 1.165) is 25.3 Å². The van der Waals surface area contributed by atoms with Crippen LogP contribution in [0.2, 0.25) is 0 Å². The zero-order valence-corrected chi connectivity index (χ0v) is 12.6. The maximum absolute atomic E-state index is 11.1. The van der Waals surface area contributed by atoms with Crippen molar-refractivity contribution in [3.05, 3.63) is 33.8 Å². The highest BCUT2D eigenvalue weighted by Gasteiger charge is 2.36. The van der Waals surface area contributed by atoms with Gasteiger partial charge in [-0.2, -0.15) is 15.4 Å². The normalized spacial score (nSPS) is 22.7. The maximum atomic E-state index is 11.1. The van der Waals surface area contributed by atoms with E-state index in [2.05, 4.69) is 38.7 Å². The van der Waals surface area contributed by atoms with Gasteiger partial charge in [-0.25, -0.2) is 0 Å². The quantitative estimate of drug-likeness (QED) is 0.881. The fraction of sp³-hybridized carbons (Fsp3) is 0.500. The van der Waals surface area contributed by atoms with Crippen LogP contribution in [0.25, 0.3) is 0 Å². The number of carboxylic acid groups (broad SMARTS) is 1. The van der Waals surface area contributed by atoms with E-state index < -0.39 is 5.97 Å². The van der Waals surface area contributed by atoms with Gasteiger partial charge >= 0.3 is 5.97 Å². The van der Waals surface area contributed by atoms with Gasteiger partial charge in [0.2, 0.25) is 0 Å². The zero-order chi connectivity index (χ0) is 14.8. The van der Waals surface area contributed by atoms with Crippen LogP contribution in [0.1, 0.15) is 28.5 Å². The summed E-state index contributed by atoms with van der Waals surface area (Å²) in [6, 6.07) is 2.12. The van der Waals surface area contributed by atoms with E-state index in [1.54, 1.807) is 17.5 Å². The van der Waals surface area contributed by atoms with Crippen LogP contribution in [0, 0.1) is 12.8 Å². The fourth-order valence-electron chi connectivity index (χ4n) is 3.01. The molecular weight excluding hydrogens is 288 g/mol. The molecule has 1 aliphatic heterocycles. The number of nitrogens with one attached hydrogen (secondary N) is 1. The Kier molecular flexibility index (Phi) is 4.03. The molecule has 112 valence electrons. The van der Waals surface area contributed by atoms with Gasteiger partial charge in [0.1, 0.15) is 0 Å². The number of hydrogen-bond acceptors (Lipinski definition) is 5. The molecule has 0 radical (unpaired) electrons. The highest BCUT2D eigenvalue weighted by molar-refractivity contribution is 7.10. The second-order valence-corrected chi connectivity index (χ2v) is 6.58. The Labute approximate surface area is 126 Å². The first-order valence-corrected chi connectivity index (χ1v) is 7.84. The monoisotopic (exact) mass is 306 g/mol. The topological polar surface area (TPSA) is 82.1 Å². The molecule has 0 unspecified atom stereocenters. The molecular formula is C14H18N4O2S. The molecule has 0 amide bonds. The number of likely N-dealkylation sites (tertiary alicyclic amines) is 1. The maximum Gasteiger partial charge on any atom is 0.303 e. The first-order chi connectivity index (χ1) is 10.1. The molecule has 7 heteroatoms. The number of aromatic nitrogens is 3. The number of H-pyrrole nitrogens is 1. The predicted molar refractivity (Wildman–Crippen MR) is 79.2 cm³/mol. The number of aliphatic carboxylic acids is 1. The molecule has 2 aromatic rings. The number of rotatable bonds is 5. The van der Waals surface area contributed by atoms with Crippen molar-refractivity contribution < 1.29 is 9.90 Å². The summed E-state index contributed by atoms with van der Waals surface area (Å²) >= 11 is 1.76. The summed E-state index contributed by atoms with van der Waals surface area (Å²) in [4.78, 5) is 14.8. The van der Waals surface area contributed by atoms with Crippen molar-refractivity contribution in [1.82, 2.24) is 20.3 Å². The van der Waals surface area contributed by atoms with Crippen molar-refractivity contribution >= 4 is 17.3 Å². The van der Waals surface area contributed by atoms with Gasteiger partial charge in [0, 0.05) is 30.4 Å². The Morgan fingerprint density at radius 2 is 2.43 bits per heavy atom. The lowest BCUT2D eigenvalue weighted by atomic mass is 9.91. The van der Waals surface area contributed by atoms with Crippen LogP contribution in [0.4, 0.5) is 0 Å². The predicted octanol–water partition coefficient (Wildman–Crippen LogP) is 1.86. The molecule has 2 atom stereocenters. The van der Waals surface area contributed by atoms with E-state index in [9.17, 15) is 4.79 Å². The first-order valence-electron chi connectivity index (χ1n) is 6.96. The second kappa shape index (κ2) is 5.95. The summed E-state index contributed by atoms with van der Waals surface area (Å²) in [5.74, 6) is -0.518. The van der Waals surface area contributed by atoms with Crippen molar-refractivity contribution in [3.63, 3.8) is 0 Å². The average Bonchev–Trinajstić information content (AvgIpc) is 3.12. The molecule has 0 saturated carbocycles. The molecule has 0 aliphatic carbocycles. The summed E-state index contributed by atoms with van der Waals surface area (Å²) in [5, 5.41) is 21.9. The molecule has 1 aliphatic rings. The van der Waals surface area contributed by atoms with E-state index in [0.29, 0.717) is 0 Å². The van der Waals surface area contributed by atoms with Gasteiger partial charge in [-0.3, -0.25) is 9.69 Å². The lowest BCUT2D eigenvalue weighted by Gasteiger charge is -2.14. The largest absolute Gasteiger partial charge is 0.481 e. The van der Waals surface area contributed by atoms with E-state index in [4.69, 9.17) is 5.11 Å². The number of carbonyl (C=O) groups is 1. The molecule has 3 heterocycles. The summed E-state index contributed by atoms with van der Waals surface area (Å²) in [6.45, 7) is 4.63. The van der Waals surface area contributed by atoms with Crippen LogP contribution in [-0.4, -0.2) is 44.5 Å². The summed E-state index contributed by atoms with van der Waals surface area (Å²) in [6.07, 6.45) is 1.89. The Morgan fingerprint density at radius 3 is 3.05 bits per heavy atom. The van der Waals surface area contributed by atoms with Crippen LogP contribution >= 0.6 is 11.3 Å². The molecule has 21 heavy (non-hydrogen) atoms. The van der Waals surface area contributed by atoms with Crippen molar-refractivity contribution in [1.29, 1.82) is 0 Å². The van der Waals surface area contributed by atoms with Crippen LogP contribution in [0.15, 0.2) is 17.6 Å². The molecule has 6 nitrogen and oxygen atoms in total. The highest BCUT2D eigenvalue weighted by Crippen LogP contribution is 2.35. The van der Waals surface area contributed by atoms with Crippen LogP contribution in [-0.2, 0) is 11.3 Å². The van der Waals surface area contributed by atoms with Crippen LogP contribution in [0.3, 0.4) is 0 Å². The minimum Gasteiger partial charge on any atom is -0.481 e. The number of thiophene rings is 1. The third kappa shape index (κ3) is 3.14. The minimum atomic E-state index is -0.748. The minimum absolute atomic E-state index is 0.0906. The Balaban J connectivity index is 1.74. The second-order valence-electron chi connectivity index (χ2n) is 5.58. The summed E-state index contributed by atoms with van der Waals surface area (Å²) in [7, 11) is 0. The molecule has 0 spiro atoms. The Bertz CT molecular complexity index is 610. The van der Waals surface area contributed by atoms with E-state index in [1.807, 2.05) is 0 Å². The summed E-state index contributed by atoms with van der Waals surface area (Å²) < 4.78 is 0. The van der Waals surface area contributed by atoms with Crippen LogP contribution < -0.4 is 0 Å².